The summed E-state index contributed by atoms with van der Waals surface area (Å²) in [5.74, 6) is 1.64. The summed E-state index contributed by atoms with van der Waals surface area (Å²) in [6.07, 6.45) is 3.54. The topological polar surface area (TPSA) is 69.1 Å². The fourth-order valence-electron chi connectivity index (χ4n) is 4.02. The molecule has 2 N–H and O–H groups in total. The molecule has 0 aliphatic carbocycles. The number of Topliss-reactive ketones (excluding diaryl/α,β-unsaturated/α-hetero) is 1. The molecule has 0 spiro atoms. The van der Waals surface area contributed by atoms with Crippen LogP contribution in [0.25, 0.3) is 0 Å². The van der Waals surface area contributed by atoms with Crippen molar-refractivity contribution in [2.75, 3.05) is 33.4 Å². The maximum atomic E-state index is 12.4. The number of rotatable bonds is 11. The fraction of sp³-hybridized carbons (Fsp3) is 0.440. The van der Waals surface area contributed by atoms with Crippen LogP contribution in [0.4, 0.5) is 0 Å². The average Bonchev–Trinajstić information content (AvgIpc) is 3.32. The summed E-state index contributed by atoms with van der Waals surface area (Å²) in [7, 11) is 1.67. The number of hydrogen-bond acceptors (Lipinski definition) is 4. The minimum Gasteiger partial charge on any atom is -0.497 e. The minimum atomic E-state index is 0.0342. The first-order valence-corrected chi connectivity index (χ1v) is 11.1. The van der Waals surface area contributed by atoms with E-state index in [-0.39, 0.29) is 17.7 Å². The number of ether oxygens (including phenoxy) is 2. The van der Waals surface area contributed by atoms with E-state index in [1.54, 1.807) is 38.3 Å². The van der Waals surface area contributed by atoms with Crippen molar-refractivity contribution in [3.8, 4) is 11.5 Å². The average molecular weight is 426 g/mol. The summed E-state index contributed by atoms with van der Waals surface area (Å²) >= 11 is 0. The Morgan fingerprint density at radius 1 is 1.00 bits per heavy atom. The highest BCUT2D eigenvalue weighted by molar-refractivity contribution is 5.94. The predicted molar refractivity (Wildman–Crippen MR) is 120 cm³/mol. The van der Waals surface area contributed by atoms with Crippen LogP contribution in [0.5, 0.6) is 11.5 Å². The van der Waals surface area contributed by atoms with Crippen molar-refractivity contribution in [2.24, 2.45) is 0 Å². The summed E-state index contributed by atoms with van der Waals surface area (Å²) in [4.78, 5) is 25.2. The highest BCUT2D eigenvalue weighted by atomic mass is 16.5. The molecular formula is C25H33N2O4+. The van der Waals surface area contributed by atoms with Gasteiger partial charge in [0.15, 0.2) is 5.78 Å². The first-order valence-electron chi connectivity index (χ1n) is 11.1. The molecule has 6 heteroatoms. The number of nitrogens with one attached hydrogen (secondary N) is 2. The smallest absolute Gasteiger partial charge is 0.220 e. The Bertz CT molecular complexity index is 843. The van der Waals surface area contributed by atoms with Crippen molar-refractivity contribution in [1.82, 2.24) is 5.32 Å². The third kappa shape index (κ3) is 6.82. The molecule has 1 atom stereocenters. The van der Waals surface area contributed by atoms with Gasteiger partial charge in [0.25, 0.3) is 0 Å². The van der Waals surface area contributed by atoms with Gasteiger partial charge in [0.2, 0.25) is 5.91 Å². The molecule has 0 aromatic heterocycles. The third-order valence-corrected chi connectivity index (χ3v) is 5.84. The molecule has 1 saturated heterocycles. The molecule has 31 heavy (non-hydrogen) atoms. The van der Waals surface area contributed by atoms with Gasteiger partial charge in [0, 0.05) is 30.4 Å². The molecule has 0 radical (unpaired) electrons. The number of ketones is 1. The van der Waals surface area contributed by atoms with Gasteiger partial charge in [-0.3, -0.25) is 9.59 Å². The van der Waals surface area contributed by atoms with Crippen LogP contribution in [0.3, 0.4) is 0 Å². The van der Waals surface area contributed by atoms with Gasteiger partial charge in [-0.25, -0.2) is 0 Å². The van der Waals surface area contributed by atoms with E-state index in [9.17, 15) is 9.59 Å². The Kier molecular flexibility index (Phi) is 8.47. The van der Waals surface area contributed by atoms with Crippen molar-refractivity contribution in [2.45, 2.75) is 38.6 Å². The van der Waals surface area contributed by atoms with Crippen LogP contribution in [-0.4, -0.2) is 45.0 Å². The molecule has 2 aromatic rings. The second kappa shape index (κ2) is 11.5. The molecule has 3 rings (SSSR count). The van der Waals surface area contributed by atoms with E-state index in [1.165, 1.54) is 23.3 Å². The van der Waals surface area contributed by atoms with Gasteiger partial charge in [-0.15, -0.1) is 0 Å². The quantitative estimate of drug-likeness (QED) is 0.429. The number of carbonyl (C=O) groups is 2. The zero-order valence-corrected chi connectivity index (χ0v) is 18.5. The summed E-state index contributed by atoms with van der Waals surface area (Å²) in [6, 6.07) is 15.5. The van der Waals surface area contributed by atoms with Crippen molar-refractivity contribution in [3.63, 3.8) is 0 Å². The van der Waals surface area contributed by atoms with Gasteiger partial charge in [0.1, 0.15) is 17.5 Å². The Morgan fingerprint density at radius 3 is 2.26 bits per heavy atom. The lowest BCUT2D eigenvalue weighted by Crippen LogP contribution is -3.11. The zero-order chi connectivity index (χ0) is 22.1. The van der Waals surface area contributed by atoms with E-state index in [0.717, 1.165) is 18.8 Å². The standard InChI is InChI=1S/C25H32N2O4/c1-19(28)20-7-13-23(14-8-20)31-17-5-6-25(29)26-18-24(27-15-3-4-16-27)21-9-11-22(30-2)12-10-21/h7-14,24H,3-6,15-18H2,1-2H3,(H,26,29)/p+1/t24-/m0/s1. The van der Waals surface area contributed by atoms with Crippen LogP contribution in [0.15, 0.2) is 48.5 Å². The van der Waals surface area contributed by atoms with Gasteiger partial charge in [0.05, 0.1) is 33.4 Å². The third-order valence-electron chi connectivity index (χ3n) is 5.84. The molecule has 1 heterocycles. The number of quaternary nitrogens is 1. The Hall–Kier alpha value is -2.86. The number of carbonyl (C=O) groups excluding carboxylic acids is 2. The monoisotopic (exact) mass is 425 g/mol. The van der Waals surface area contributed by atoms with E-state index in [0.29, 0.717) is 37.3 Å². The van der Waals surface area contributed by atoms with Crippen molar-refractivity contribution in [3.05, 3.63) is 59.7 Å². The molecule has 1 aliphatic rings. The first kappa shape index (κ1) is 22.8. The van der Waals surface area contributed by atoms with Crippen molar-refractivity contribution < 1.29 is 24.0 Å². The van der Waals surface area contributed by atoms with Crippen molar-refractivity contribution >= 4 is 11.7 Å². The zero-order valence-electron chi connectivity index (χ0n) is 18.5. The normalized spacial score (nSPS) is 14.8. The van der Waals surface area contributed by atoms with Gasteiger partial charge in [-0.1, -0.05) is 0 Å². The molecule has 1 aliphatic heterocycles. The number of amides is 1. The van der Waals surface area contributed by atoms with Crippen molar-refractivity contribution in [1.29, 1.82) is 0 Å². The summed E-state index contributed by atoms with van der Waals surface area (Å²) in [6.45, 7) is 4.92. The molecule has 2 aromatic carbocycles. The molecule has 0 unspecified atom stereocenters. The van der Waals surface area contributed by atoms with E-state index in [2.05, 4.69) is 17.4 Å². The second-order valence-electron chi connectivity index (χ2n) is 8.03. The van der Waals surface area contributed by atoms with E-state index >= 15 is 0 Å². The summed E-state index contributed by atoms with van der Waals surface area (Å²) in [5.41, 5.74) is 1.90. The highest BCUT2D eigenvalue weighted by Gasteiger charge is 2.27. The summed E-state index contributed by atoms with van der Waals surface area (Å²) in [5, 5.41) is 3.12. The lowest BCUT2D eigenvalue weighted by atomic mass is 10.1. The van der Waals surface area contributed by atoms with Gasteiger partial charge >= 0.3 is 0 Å². The lowest BCUT2D eigenvalue weighted by molar-refractivity contribution is -0.918. The van der Waals surface area contributed by atoms with E-state index in [1.807, 2.05) is 12.1 Å². The lowest BCUT2D eigenvalue weighted by Gasteiger charge is -2.25. The number of methoxy groups -OCH3 is 1. The second-order valence-corrected chi connectivity index (χ2v) is 8.03. The number of benzene rings is 2. The molecular weight excluding hydrogens is 392 g/mol. The molecule has 0 bridgehead atoms. The molecule has 6 nitrogen and oxygen atoms in total. The van der Waals surface area contributed by atoms with Gasteiger partial charge < -0.3 is 19.7 Å². The minimum absolute atomic E-state index is 0.0342. The molecule has 166 valence electrons. The van der Waals surface area contributed by atoms with Gasteiger partial charge in [-0.05, 0) is 61.9 Å². The Morgan fingerprint density at radius 2 is 1.65 bits per heavy atom. The number of hydrogen-bond donors (Lipinski definition) is 2. The Balaban J connectivity index is 1.44. The Labute approximate surface area is 184 Å². The molecule has 0 saturated carbocycles. The largest absolute Gasteiger partial charge is 0.497 e. The van der Waals surface area contributed by atoms with Crippen LogP contribution in [0.2, 0.25) is 0 Å². The first-order chi connectivity index (χ1) is 15.1. The fourth-order valence-corrected chi connectivity index (χ4v) is 4.02. The van der Waals surface area contributed by atoms with Crippen LogP contribution >= 0.6 is 0 Å². The van der Waals surface area contributed by atoms with Gasteiger partial charge in [-0.2, -0.15) is 0 Å². The molecule has 1 amide bonds. The highest BCUT2D eigenvalue weighted by Crippen LogP contribution is 2.17. The maximum absolute atomic E-state index is 12.4. The predicted octanol–water partition coefficient (Wildman–Crippen LogP) is 2.59. The maximum Gasteiger partial charge on any atom is 0.220 e. The van der Waals surface area contributed by atoms with Crippen LogP contribution in [0.1, 0.15) is 54.6 Å². The van der Waals surface area contributed by atoms with Crippen LogP contribution in [-0.2, 0) is 4.79 Å². The molecule has 1 fully saturated rings. The van der Waals surface area contributed by atoms with E-state index < -0.39 is 0 Å². The van der Waals surface area contributed by atoms with E-state index in [4.69, 9.17) is 9.47 Å². The van der Waals surface area contributed by atoms with Crippen LogP contribution < -0.4 is 19.7 Å². The summed E-state index contributed by atoms with van der Waals surface area (Å²) < 4.78 is 11.0. The number of likely N-dealkylation sites (tertiary alicyclic amines) is 1. The van der Waals surface area contributed by atoms with Crippen LogP contribution in [0, 0.1) is 0 Å². The SMILES string of the molecule is COc1ccc([C@H](CNC(=O)CCCOc2ccc(C(C)=O)cc2)[NH+]2CCCC2)cc1.